The summed E-state index contributed by atoms with van der Waals surface area (Å²) in [6.07, 6.45) is 7.27. The molecule has 1 amide bonds. The summed E-state index contributed by atoms with van der Waals surface area (Å²) < 4.78 is 0. The van der Waals surface area contributed by atoms with E-state index in [-0.39, 0.29) is 5.91 Å². The Hall–Kier alpha value is -0.940. The number of nitrogens with one attached hydrogen (secondary N) is 1. The molecular formula is C16H27N3OS. The molecule has 0 spiro atoms. The van der Waals surface area contributed by atoms with Gasteiger partial charge in [0.15, 0.2) is 0 Å². The molecule has 1 aromatic rings. The SMILES string of the molecule is CCC(CC)(CN)C(=O)NCCc1nc2c(s1)CCCC2. The highest BCUT2D eigenvalue weighted by Gasteiger charge is 2.32. The van der Waals surface area contributed by atoms with Crippen molar-refractivity contribution in [3.05, 3.63) is 15.6 Å². The number of nitrogens with zero attached hydrogens (tertiary/aromatic N) is 1. The highest BCUT2D eigenvalue weighted by Crippen LogP contribution is 2.27. The van der Waals surface area contributed by atoms with Gasteiger partial charge in [0.05, 0.1) is 16.1 Å². The second-order valence-electron chi connectivity index (χ2n) is 5.88. The molecule has 0 aromatic carbocycles. The summed E-state index contributed by atoms with van der Waals surface area (Å²) in [6.45, 7) is 5.14. The van der Waals surface area contributed by atoms with Gasteiger partial charge in [-0.3, -0.25) is 4.79 Å². The van der Waals surface area contributed by atoms with Crippen LogP contribution in [0.3, 0.4) is 0 Å². The van der Waals surface area contributed by atoms with Crippen molar-refractivity contribution in [2.45, 2.75) is 58.8 Å². The van der Waals surface area contributed by atoms with Gasteiger partial charge in [0, 0.05) is 24.4 Å². The van der Waals surface area contributed by atoms with Gasteiger partial charge in [0.2, 0.25) is 5.91 Å². The highest BCUT2D eigenvalue weighted by atomic mass is 32.1. The number of amides is 1. The van der Waals surface area contributed by atoms with E-state index in [1.807, 2.05) is 25.2 Å². The van der Waals surface area contributed by atoms with E-state index in [4.69, 9.17) is 10.7 Å². The molecule has 4 nitrogen and oxygen atoms in total. The fourth-order valence-electron chi connectivity index (χ4n) is 2.94. The Morgan fingerprint density at radius 1 is 1.33 bits per heavy atom. The summed E-state index contributed by atoms with van der Waals surface area (Å²) in [4.78, 5) is 18.5. The maximum absolute atomic E-state index is 12.3. The van der Waals surface area contributed by atoms with Crippen LogP contribution < -0.4 is 11.1 Å². The number of thiazole rings is 1. The Morgan fingerprint density at radius 2 is 2.05 bits per heavy atom. The van der Waals surface area contributed by atoms with E-state index in [0.717, 1.165) is 30.7 Å². The van der Waals surface area contributed by atoms with Crippen LogP contribution in [-0.4, -0.2) is 24.0 Å². The normalized spacial score (nSPS) is 14.8. The lowest BCUT2D eigenvalue weighted by molar-refractivity contribution is -0.131. The molecule has 2 rings (SSSR count). The fraction of sp³-hybridized carbons (Fsp3) is 0.750. The number of aromatic nitrogens is 1. The minimum Gasteiger partial charge on any atom is -0.355 e. The molecule has 0 aliphatic heterocycles. The van der Waals surface area contributed by atoms with Gasteiger partial charge in [0.25, 0.3) is 0 Å². The molecule has 0 radical (unpaired) electrons. The largest absolute Gasteiger partial charge is 0.355 e. The van der Waals surface area contributed by atoms with Crippen molar-refractivity contribution in [3.63, 3.8) is 0 Å². The Kier molecular flexibility index (Phi) is 5.76. The molecular weight excluding hydrogens is 282 g/mol. The van der Waals surface area contributed by atoms with Gasteiger partial charge in [-0.15, -0.1) is 11.3 Å². The average molecular weight is 309 g/mol. The van der Waals surface area contributed by atoms with E-state index in [0.29, 0.717) is 13.1 Å². The number of carbonyl (C=O) groups excluding carboxylic acids is 1. The minimum atomic E-state index is -0.401. The van der Waals surface area contributed by atoms with Gasteiger partial charge in [-0.05, 0) is 38.5 Å². The van der Waals surface area contributed by atoms with Gasteiger partial charge >= 0.3 is 0 Å². The summed E-state index contributed by atoms with van der Waals surface area (Å²) in [5.41, 5.74) is 6.70. The quantitative estimate of drug-likeness (QED) is 0.813. The summed E-state index contributed by atoms with van der Waals surface area (Å²) in [5, 5.41) is 4.21. The maximum Gasteiger partial charge on any atom is 0.227 e. The van der Waals surface area contributed by atoms with Gasteiger partial charge in [0.1, 0.15) is 0 Å². The van der Waals surface area contributed by atoms with Crippen molar-refractivity contribution in [1.82, 2.24) is 10.3 Å². The van der Waals surface area contributed by atoms with Crippen LogP contribution in [0.2, 0.25) is 0 Å². The van der Waals surface area contributed by atoms with Crippen molar-refractivity contribution in [2.75, 3.05) is 13.1 Å². The molecule has 5 heteroatoms. The molecule has 0 bridgehead atoms. The van der Waals surface area contributed by atoms with Gasteiger partial charge in [-0.2, -0.15) is 0 Å². The van der Waals surface area contributed by atoms with Crippen molar-refractivity contribution in [1.29, 1.82) is 0 Å². The van der Waals surface area contributed by atoms with Gasteiger partial charge in [-0.1, -0.05) is 13.8 Å². The Bertz CT molecular complexity index is 448. The van der Waals surface area contributed by atoms with Crippen LogP contribution in [0.5, 0.6) is 0 Å². The standard InChI is InChI=1S/C16H27N3OS/c1-3-16(4-2,11-17)15(20)18-10-9-14-19-12-7-5-6-8-13(12)21-14/h3-11,17H2,1-2H3,(H,18,20). The predicted molar refractivity (Wildman–Crippen MR) is 87.5 cm³/mol. The van der Waals surface area contributed by atoms with Crippen LogP contribution in [0.15, 0.2) is 0 Å². The first-order valence-electron chi connectivity index (χ1n) is 8.11. The summed E-state index contributed by atoms with van der Waals surface area (Å²) >= 11 is 1.82. The van der Waals surface area contributed by atoms with Crippen LogP contribution in [0.1, 0.15) is 55.1 Å². The molecule has 0 atom stereocenters. The molecule has 3 N–H and O–H groups in total. The summed E-state index contributed by atoms with van der Waals surface area (Å²) in [6, 6.07) is 0. The van der Waals surface area contributed by atoms with E-state index in [1.165, 1.54) is 29.8 Å². The van der Waals surface area contributed by atoms with Crippen molar-refractivity contribution in [3.8, 4) is 0 Å². The van der Waals surface area contributed by atoms with E-state index >= 15 is 0 Å². The predicted octanol–water partition coefficient (Wildman–Crippen LogP) is 2.45. The number of hydrogen-bond acceptors (Lipinski definition) is 4. The molecule has 0 saturated carbocycles. The summed E-state index contributed by atoms with van der Waals surface area (Å²) in [7, 11) is 0. The van der Waals surface area contributed by atoms with Crippen LogP contribution in [0, 0.1) is 5.41 Å². The van der Waals surface area contributed by atoms with Crippen LogP contribution in [-0.2, 0) is 24.1 Å². The zero-order valence-electron chi connectivity index (χ0n) is 13.2. The number of hydrogen-bond donors (Lipinski definition) is 2. The molecule has 1 heterocycles. The number of nitrogens with two attached hydrogens (primary N) is 1. The highest BCUT2D eigenvalue weighted by molar-refractivity contribution is 7.11. The third-order valence-corrected chi connectivity index (χ3v) is 5.96. The maximum atomic E-state index is 12.3. The van der Waals surface area contributed by atoms with Crippen LogP contribution in [0.25, 0.3) is 0 Å². The van der Waals surface area contributed by atoms with Crippen molar-refractivity contribution >= 4 is 17.2 Å². The lowest BCUT2D eigenvalue weighted by atomic mass is 9.81. The number of aryl methyl sites for hydroxylation is 2. The second-order valence-corrected chi connectivity index (χ2v) is 7.05. The monoisotopic (exact) mass is 309 g/mol. The smallest absolute Gasteiger partial charge is 0.227 e. The Balaban J connectivity index is 1.86. The van der Waals surface area contributed by atoms with Gasteiger partial charge < -0.3 is 11.1 Å². The first-order chi connectivity index (χ1) is 10.1. The first-order valence-corrected chi connectivity index (χ1v) is 8.92. The number of fused-ring (bicyclic) bond motifs is 1. The van der Waals surface area contributed by atoms with Crippen LogP contribution >= 0.6 is 11.3 Å². The fourth-order valence-corrected chi connectivity index (χ4v) is 4.09. The Morgan fingerprint density at radius 3 is 2.67 bits per heavy atom. The summed E-state index contributed by atoms with van der Waals surface area (Å²) in [5.74, 6) is 0.0938. The van der Waals surface area contributed by atoms with E-state index in [1.54, 1.807) is 0 Å². The topological polar surface area (TPSA) is 68.0 Å². The molecule has 0 saturated heterocycles. The minimum absolute atomic E-state index is 0.0938. The van der Waals surface area contributed by atoms with E-state index < -0.39 is 5.41 Å². The lowest BCUT2D eigenvalue weighted by Gasteiger charge is -2.28. The van der Waals surface area contributed by atoms with Crippen LogP contribution in [0.4, 0.5) is 0 Å². The molecule has 0 fully saturated rings. The molecule has 1 aliphatic carbocycles. The zero-order chi connectivity index (χ0) is 15.3. The first kappa shape index (κ1) is 16.4. The lowest BCUT2D eigenvalue weighted by Crippen LogP contribution is -2.45. The van der Waals surface area contributed by atoms with E-state index in [2.05, 4.69) is 5.32 Å². The van der Waals surface area contributed by atoms with E-state index in [9.17, 15) is 4.79 Å². The molecule has 118 valence electrons. The Labute approximate surface area is 131 Å². The number of rotatable bonds is 7. The average Bonchev–Trinajstić information content (AvgIpc) is 2.92. The van der Waals surface area contributed by atoms with Gasteiger partial charge in [-0.25, -0.2) is 4.98 Å². The second kappa shape index (κ2) is 7.36. The number of carbonyl (C=O) groups is 1. The zero-order valence-corrected chi connectivity index (χ0v) is 14.0. The molecule has 1 aromatic heterocycles. The van der Waals surface area contributed by atoms with Crippen molar-refractivity contribution in [2.24, 2.45) is 11.1 Å². The molecule has 21 heavy (non-hydrogen) atoms. The molecule has 0 unspecified atom stereocenters. The molecule has 1 aliphatic rings. The third kappa shape index (κ3) is 3.64. The van der Waals surface area contributed by atoms with Crippen molar-refractivity contribution < 1.29 is 4.79 Å². The third-order valence-electron chi connectivity index (χ3n) is 4.74.